The summed E-state index contributed by atoms with van der Waals surface area (Å²) in [7, 11) is 0. The number of rotatable bonds is 5. The second kappa shape index (κ2) is 8.26. The summed E-state index contributed by atoms with van der Waals surface area (Å²) in [6.45, 7) is 1.32. The van der Waals surface area contributed by atoms with E-state index in [-0.39, 0.29) is 17.4 Å². The van der Waals surface area contributed by atoms with E-state index in [4.69, 9.17) is 4.74 Å². The minimum atomic E-state index is -1.03. The molecule has 6 nitrogen and oxygen atoms in total. The van der Waals surface area contributed by atoms with Gasteiger partial charge < -0.3 is 9.64 Å². The highest BCUT2D eigenvalue weighted by atomic mass is 19.1. The van der Waals surface area contributed by atoms with Gasteiger partial charge in [-0.05, 0) is 37.1 Å². The molecule has 1 aromatic heterocycles. The van der Waals surface area contributed by atoms with E-state index in [2.05, 4.69) is 4.98 Å². The lowest BCUT2D eigenvalue weighted by Gasteiger charge is -2.23. The van der Waals surface area contributed by atoms with Gasteiger partial charge in [0.15, 0.2) is 5.69 Å². The number of esters is 1. The lowest BCUT2D eigenvalue weighted by Crippen LogP contribution is -2.35. The van der Waals surface area contributed by atoms with E-state index in [0.29, 0.717) is 24.3 Å². The number of halogens is 1. The van der Waals surface area contributed by atoms with Crippen LogP contribution < -0.4 is 0 Å². The molecular weight excluding hydrogens is 373 g/mol. The van der Waals surface area contributed by atoms with E-state index >= 15 is 0 Å². The quantitative estimate of drug-likeness (QED) is 0.622. The number of nitrogens with zero attached hydrogens (tertiary/aromatic N) is 3. The van der Waals surface area contributed by atoms with Crippen LogP contribution >= 0.6 is 0 Å². The Hall–Kier alpha value is -3.48. The van der Waals surface area contributed by atoms with Crippen LogP contribution in [0.1, 0.15) is 35.0 Å². The van der Waals surface area contributed by atoms with Gasteiger partial charge in [-0.25, -0.2) is 14.2 Å². The van der Waals surface area contributed by atoms with Crippen LogP contribution in [0.15, 0.2) is 67.1 Å². The smallest absolute Gasteiger partial charge is 0.358 e. The van der Waals surface area contributed by atoms with Crippen LogP contribution in [0.25, 0.3) is 5.69 Å². The monoisotopic (exact) mass is 393 g/mol. The third kappa shape index (κ3) is 4.03. The number of likely N-dealkylation sites (tertiary alicyclic amines) is 1. The summed E-state index contributed by atoms with van der Waals surface area (Å²) in [6, 6.07) is 14.7. The number of ether oxygens (including phenoxy) is 1. The maximum absolute atomic E-state index is 13.2. The van der Waals surface area contributed by atoms with Crippen molar-refractivity contribution in [1.29, 1.82) is 0 Å². The number of aromatic nitrogens is 2. The van der Waals surface area contributed by atoms with Crippen molar-refractivity contribution in [1.82, 2.24) is 14.5 Å². The van der Waals surface area contributed by atoms with Crippen LogP contribution in [0.4, 0.5) is 4.39 Å². The SMILES string of the molecule is O=C(O[C@@H](C(=O)N1CCCC1)c1ccccc1)c1cncn1-c1ccc(F)cc1. The topological polar surface area (TPSA) is 64.4 Å². The summed E-state index contributed by atoms with van der Waals surface area (Å²) in [4.78, 5) is 31.7. The molecule has 1 amide bonds. The highest BCUT2D eigenvalue weighted by molar-refractivity contribution is 5.92. The average molecular weight is 393 g/mol. The molecular formula is C22H20FN3O3. The van der Waals surface area contributed by atoms with E-state index in [1.165, 1.54) is 41.4 Å². The van der Waals surface area contributed by atoms with Gasteiger partial charge in [0, 0.05) is 24.3 Å². The van der Waals surface area contributed by atoms with Crippen LogP contribution in [-0.4, -0.2) is 39.4 Å². The molecule has 2 heterocycles. The van der Waals surface area contributed by atoms with Gasteiger partial charge >= 0.3 is 5.97 Å². The minimum Gasteiger partial charge on any atom is -0.443 e. The highest BCUT2D eigenvalue weighted by Gasteiger charge is 2.32. The standard InChI is InChI=1S/C22H20FN3O3/c23-17-8-10-18(11-9-17)26-15-24-14-19(26)22(28)29-20(16-6-2-1-3-7-16)21(27)25-12-4-5-13-25/h1-3,6-11,14-15,20H,4-5,12-13H2/t20-/m1/s1. The van der Waals surface area contributed by atoms with Crippen LogP contribution in [-0.2, 0) is 9.53 Å². The van der Waals surface area contributed by atoms with Crippen molar-refractivity contribution in [2.45, 2.75) is 18.9 Å². The van der Waals surface area contributed by atoms with Crippen molar-refractivity contribution >= 4 is 11.9 Å². The Bertz CT molecular complexity index is 996. The molecule has 7 heteroatoms. The number of hydrogen-bond acceptors (Lipinski definition) is 4. The van der Waals surface area contributed by atoms with E-state index in [1.807, 2.05) is 6.07 Å². The van der Waals surface area contributed by atoms with Gasteiger partial charge in [-0.2, -0.15) is 0 Å². The zero-order chi connectivity index (χ0) is 20.2. The molecule has 3 aromatic rings. The summed E-state index contributed by atoms with van der Waals surface area (Å²) in [5.41, 5.74) is 1.34. The fourth-order valence-electron chi connectivity index (χ4n) is 3.41. The maximum atomic E-state index is 13.2. The Morgan fingerprint density at radius 1 is 1.00 bits per heavy atom. The maximum Gasteiger partial charge on any atom is 0.358 e. The Balaban J connectivity index is 1.61. The van der Waals surface area contributed by atoms with Crippen molar-refractivity contribution in [3.8, 4) is 5.69 Å². The first-order valence-electron chi connectivity index (χ1n) is 9.46. The third-order valence-electron chi connectivity index (χ3n) is 4.92. The normalized spacial score (nSPS) is 14.6. The molecule has 0 aliphatic carbocycles. The Kier molecular flexibility index (Phi) is 5.37. The number of amides is 1. The molecule has 1 saturated heterocycles. The van der Waals surface area contributed by atoms with Gasteiger partial charge in [0.25, 0.3) is 5.91 Å². The zero-order valence-corrected chi connectivity index (χ0v) is 15.7. The molecule has 0 radical (unpaired) electrons. The summed E-state index contributed by atoms with van der Waals surface area (Å²) < 4.78 is 20.4. The van der Waals surface area contributed by atoms with E-state index in [9.17, 15) is 14.0 Å². The Morgan fingerprint density at radius 2 is 1.69 bits per heavy atom. The predicted octanol–water partition coefficient (Wildman–Crippen LogP) is 3.53. The summed E-state index contributed by atoms with van der Waals surface area (Å²) in [5, 5.41) is 0. The molecule has 1 atom stereocenters. The van der Waals surface area contributed by atoms with Crippen LogP contribution in [0.2, 0.25) is 0 Å². The molecule has 148 valence electrons. The first-order chi connectivity index (χ1) is 14.1. The van der Waals surface area contributed by atoms with Crippen molar-refractivity contribution in [3.63, 3.8) is 0 Å². The average Bonchev–Trinajstić information content (AvgIpc) is 3.45. The largest absolute Gasteiger partial charge is 0.443 e. The Labute approximate surface area is 167 Å². The Morgan fingerprint density at radius 3 is 2.38 bits per heavy atom. The van der Waals surface area contributed by atoms with Crippen LogP contribution in [0, 0.1) is 5.82 Å². The van der Waals surface area contributed by atoms with Gasteiger partial charge in [-0.15, -0.1) is 0 Å². The van der Waals surface area contributed by atoms with Crippen molar-refractivity contribution in [2.75, 3.05) is 13.1 Å². The number of imidazole rings is 1. The first-order valence-corrected chi connectivity index (χ1v) is 9.46. The van der Waals surface area contributed by atoms with Gasteiger partial charge in [0.05, 0.1) is 12.5 Å². The summed E-state index contributed by atoms with van der Waals surface area (Å²) in [6.07, 6.45) is 3.67. The second-order valence-corrected chi connectivity index (χ2v) is 6.85. The van der Waals surface area contributed by atoms with Gasteiger partial charge in [0.2, 0.25) is 6.10 Å². The first kappa shape index (κ1) is 18.9. The fraction of sp³-hybridized carbons (Fsp3) is 0.227. The molecule has 4 rings (SSSR count). The zero-order valence-electron chi connectivity index (χ0n) is 15.7. The van der Waals surface area contributed by atoms with Gasteiger partial charge in [0.1, 0.15) is 5.82 Å². The van der Waals surface area contributed by atoms with Crippen LogP contribution in [0.3, 0.4) is 0 Å². The molecule has 1 aliphatic heterocycles. The summed E-state index contributed by atoms with van der Waals surface area (Å²) in [5.74, 6) is -1.28. The molecule has 29 heavy (non-hydrogen) atoms. The molecule has 1 aliphatic rings. The highest BCUT2D eigenvalue weighted by Crippen LogP contribution is 2.24. The lowest BCUT2D eigenvalue weighted by atomic mass is 10.1. The fourth-order valence-corrected chi connectivity index (χ4v) is 3.41. The number of hydrogen-bond donors (Lipinski definition) is 0. The van der Waals surface area contributed by atoms with E-state index in [0.717, 1.165) is 12.8 Å². The number of benzene rings is 2. The molecule has 0 saturated carbocycles. The van der Waals surface area contributed by atoms with Crippen molar-refractivity contribution in [2.24, 2.45) is 0 Å². The van der Waals surface area contributed by atoms with Crippen molar-refractivity contribution < 1.29 is 18.7 Å². The van der Waals surface area contributed by atoms with E-state index in [1.54, 1.807) is 29.2 Å². The molecule has 2 aromatic carbocycles. The third-order valence-corrected chi connectivity index (χ3v) is 4.92. The molecule has 0 N–H and O–H groups in total. The number of carbonyl (C=O) groups is 2. The van der Waals surface area contributed by atoms with Crippen molar-refractivity contribution in [3.05, 3.63) is 84.2 Å². The number of carbonyl (C=O) groups excluding carboxylic acids is 2. The van der Waals surface area contributed by atoms with Crippen LogP contribution in [0.5, 0.6) is 0 Å². The molecule has 1 fully saturated rings. The summed E-state index contributed by atoms with van der Waals surface area (Å²) >= 11 is 0. The molecule has 0 spiro atoms. The van der Waals surface area contributed by atoms with Gasteiger partial charge in [-0.3, -0.25) is 9.36 Å². The van der Waals surface area contributed by atoms with E-state index < -0.39 is 12.1 Å². The molecule has 0 unspecified atom stereocenters. The second-order valence-electron chi connectivity index (χ2n) is 6.85. The minimum absolute atomic E-state index is 0.159. The predicted molar refractivity (Wildman–Crippen MR) is 104 cm³/mol. The lowest BCUT2D eigenvalue weighted by molar-refractivity contribution is -0.140. The van der Waals surface area contributed by atoms with Gasteiger partial charge in [-0.1, -0.05) is 30.3 Å². The molecule has 0 bridgehead atoms.